The van der Waals surface area contributed by atoms with Gasteiger partial charge < -0.3 is 14.1 Å². The number of hydrogen-bond donors (Lipinski definition) is 0. The fourth-order valence-corrected chi connectivity index (χ4v) is 3.68. The van der Waals surface area contributed by atoms with E-state index in [9.17, 15) is 9.18 Å². The van der Waals surface area contributed by atoms with Crippen molar-refractivity contribution in [2.45, 2.75) is 13.2 Å². The average Bonchev–Trinajstić information content (AvgIpc) is 3.09. The van der Waals surface area contributed by atoms with Crippen LogP contribution in [0.25, 0.3) is 11.0 Å². The number of carbonyl (C=O) groups excluding carboxylic acids is 1. The molecule has 0 unspecified atom stereocenters. The largest absolute Gasteiger partial charge is 0.451 e. The van der Waals surface area contributed by atoms with E-state index in [0.29, 0.717) is 56.2 Å². The molecule has 2 aromatic carbocycles. The van der Waals surface area contributed by atoms with Crippen molar-refractivity contribution >= 4 is 16.9 Å². The number of piperazine rings is 1. The average molecular weight is 382 g/mol. The van der Waals surface area contributed by atoms with Gasteiger partial charge in [0.15, 0.2) is 5.76 Å². The third-order valence-electron chi connectivity index (χ3n) is 5.19. The number of furan rings is 1. The minimum atomic E-state index is -0.188. The van der Waals surface area contributed by atoms with Gasteiger partial charge >= 0.3 is 0 Å². The normalized spacial score (nSPS) is 15.3. The molecule has 28 heavy (non-hydrogen) atoms. The van der Waals surface area contributed by atoms with Crippen LogP contribution < -0.4 is 0 Å². The zero-order valence-electron chi connectivity index (χ0n) is 15.9. The molecule has 0 atom stereocenters. The lowest BCUT2D eigenvalue weighted by Gasteiger charge is -2.34. The van der Waals surface area contributed by atoms with Crippen molar-refractivity contribution in [3.63, 3.8) is 0 Å². The number of fused-ring (bicyclic) bond motifs is 1. The second kappa shape index (κ2) is 8.12. The van der Waals surface area contributed by atoms with Crippen LogP contribution in [0.2, 0.25) is 0 Å². The van der Waals surface area contributed by atoms with Crippen LogP contribution in [0.1, 0.15) is 21.7 Å². The summed E-state index contributed by atoms with van der Waals surface area (Å²) in [5.41, 5.74) is 2.16. The Labute approximate surface area is 163 Å². The van der Waals surface area contributed by atoms with Gasteiger partial charge in [-0.05, 0) is 12.1 Å². The SMILES string of the molecule is COCc1c(C(=O)N2CCN(Cc3ccccc3F)CC2)oc2ccccc12. The van der Waals surface area contributed by atoms with E-state index in [1.807, 2.05) is 30.3 Å². The fraction of sp³-hybridized carbons (Fsp3) is 0.318. The van der Waals surface area contributed by atoms with Gasteiger partial charge in [-0.2, -0.15) is 0 Å². The number of para-hydroxylation sites is 1. The summed E-state index contributed by atoms with van der Waals surface area (Å²) in [5.74, 6) is 0.0480. The molecule has 1 fully saturated rings. The molecule has 0 bridgehead atoms. The third kappa shape index (κ3) is 3.66. The zero-order valence-corrected chi connectivity index (χ0v) is 15.9. The number of hydrogen-bond acceptors (Lipinski definition) is 4. The first-order valence-corrected chi connectivity index (χ1v) is 9.41. The highest BCUT2D eigenvalue weighted by Gasteiger charge is 2.28. The molecule has 1 aliphatic rings. The number of ether oxygens (including phenoxy) is 1. The molecule has 4 rings (SSSR count). The Kier molecular flexibility index (Phi) is 5.41. The van der Waals surface area contributed by atoms with Crippen LogP contribution in [0.15, 0.2) is 52.9 Å². The molecule has 6 heteroatoms. The number of nitrogens with zero attached hydrogens (tertiary/aromatic N) is 2. The summed E-state index contributed by atoms with van der Waals surface area (Å²) >= 11 is 0. The molecule has 1 saturated heterocycles. The van der Waals surface area contributed by atoms with E-state index in [0.717, 1.165) is 10.9 Å². The highest BCUT2D eigenvalue weighted by molar-refractivity contribution is 5.99. The second-order valence-electron chi connectivity index (χ2n) is 7.00. The Morgan fingerprint density at radius 1 is 1.07 bits per heavy atom. The first kappa shape index (κ1) is 18.7. The molecule has 0 saturated carbocycles. The van der Waals surface area contributed by atoms with Crippen LogP contribution in [0.3, 0.4) is 0 Å². The summed E-state index contributed by atoms with van der Waals surface area (Å²) in [7, 11) is 1.61. The summed E-state index contributed by atoms with van der Waals surface area (Å²) in [6.07, 6.45) is 0. The minimum Gasteiger partial charge on any atom is -0.451 e. The predicted octanol–water partition coefficient (Wildman–Crippen LogP) is 3.68. The topological polar surface area (TPSA) is 45.9 Å². The van der Waals surface area contributed by atoms with Crippen LogP contribution in [0.5, 0.6) is 0 Å². The Hall–Kier alpha value is -2.70. The van der Waals surface area contributed by atoms with Gasteiger partial charge in [0, 0.05) is 56.3 Å². The molecule has 2 heterocycles. The Morgan fingerprint density at radius 3 is 2.54 bits per heavy atom. The second-order valence-corrected chi connectivity index (χ2v) is 7.00. The van der Waals surface area contributed by atoms with Gasteiger partial charge in [0.1, 0.15) is 11.4 Å². The molecule has 0 aliphatic carbocycles. The third-order valence-corrected chi connectivity index (χ3v) is 5.19. The van der Waals surface area contributed by atoms with Crippen molar-refractivity contribution < 1.29 is 18.3 Å². The first-order chi connectivity index (χ1) is 13.7. The lowest BCUT2D eigenvalue weighted by Crippen LogP contribution is -2.48. The van der Waals surface area contributed by atoms with Gasteiger partial charge in [0.2, 0.25) is 0 Å². The number of halogens is 1. The minimum absolute atomic E-state index is 0.117. The molecule has 5 nitrogen and oxygen atoms in total. The molecule has 3 aromatic rings. The molecule has 0 N–H and O–H groups in total. The summed E-state index contributed by atoms with van der Waals surface area (Å²) in [5, 5.41) is 0.908. The van der Waals surface area contributed by atoms with E-state index >= 15 is 0 Å². The summed E-state index contributed by atoms with van der Waals surface area (Å²) in [6, 6.07) is 14.4. The van der Waals surface area contributed by atoms with Crippen molar-refractivity contribution in [1.29, 1.82) is 0 Å². The monoisotopic (exact) mass is 382 g/mol. The van der Waals surface area contributed by atoms with E-state index in [4.69, 9.17) is 9.15 Å². The van der Waals surface area contributed by atoms with Crippen LogP contribution in [0, 0.1) is 5.82 Å². The van der Waals surface area contributed by atoms with Crippen LogP contribution in [-0.4, -0.2) is 49.0 Å². The fourth-order valence-electron chi connectivity index (χ4n) is 3.68. The maximum Gasteiger partial charge on any atom is 0.290 e. The molecule has 1 aliphatic heterocycles. The van der Waals surface area contributed by atoms with Gasteiger partial charge in [-0.1, -0.05) is 36.4 Å². The predicted molar refractivity (Wildman–Crippen MR) is 105 cm³/mol. The Bertz CT molecular complexity index is 977. The van der Waals surface area contributed by atoms with Crippen molar-refractivity contribution in [2.24, 2.45) is 0 Å². The first-order valence-electron chi connectivity index (χ1n) is 9.41. The van der Waals surface area contributed by atoms with E-state index in [1.54, 1.807) is 24.1 Å². The van der Waals surface area contributed by atoms with E-state index in [1.165, 1.54) is 6.07 Å². The highest BCUT2D eigenvalue weighted by atomic mass is 19.1. The molecular formula is C22H23FN2O3. The van der Waals surface area contributed by atoms with Crippen molar-refractivity contribution in [1.82, 2.24) is 9.80 Å². The number of rotatable bonds is 5. The lowest BCUT2D eigenvalue weighted by molar-refractivity contribution is 0.0593. The van der Waals surface area contributed by atoms with E-state index in [-0.39, 0.29) is 11.7 Å². The van der Waals surface area contributed by atoms with Gasteiger partial charge in [-0.3, -0.25) is 9.69 Å². The zero-order chi connectivity index (χ0) is 19.5. The highest BCUT2D eigenvalue weighted by Crippen LogP contribution is 2.28. The van der Waals surface area contributed by atoms with Gasteiger partial charge in [-0.15, -0.1) is 0 Å². The van der Waals surface area contributed by atoms with Crippen LogP contribution >= 0.6 is 0 Å². The lowest BCUT2D eigenvalue weighted by atomic mass is 10.1. The number of benzene rings is 2. The van der Waals surface area contributed by atoms with E-state index in [2.05, 4.69) is 4.90 Å². The number of amides is 1. The Morgan fingerprint density at radius 2 is 1.79 bits per heavy atom. The standard InChI is InChI=1S/C22H23FN2O3/c1-27-15-18-17-7-3-5-9-20(17)28-21(18)22(26)25-12-10-24(11-13-25)14-16-6-2-4-8-19(16)23/h2-9H,10-15H2,1H3. The van der Waals surface area contributed by atoms with Crippen LogP contribution in [-0.2, 0) is 17.9 Å². The maximum atomic E-state index is 13.9. The van der Waals surface area contributed by atoms with Crippen molar-refractivity contribution in [3.05, 3.63) is 71.2 Å². The van der Waals surface area contributed by atoms with Crippen molar-refractivity contribution in [2.75, 3.05) is 33.3 Å². The molecule has 0 spiro atoms. The molecular weight excluding hydrogens is 359 g/mol. The summed E-state index contributed by atoms with van der Waals surface area (Å²) in [4.78, 5) is 17.0. The number of methoxy groups -OCH3 is 1. The van der Waals surface area contributed by atoms with Gasteiger partial charge in [0.05, 0.1) is 6.61 Å². The molecule has 0 radical (unpaired) electrons. The van der Waals surface area contributed by atoms with Gasteiger partial charge in [0.25, 0.3) is 5.91 Å². The quantitative estimate of drug-likeness (QED) is 0.675. The molecule has 146 valence electrons. The van der Waals surface area contributed by atoms with E-state index < -0.39 is 0 Å². The summed E-state index contributed by atoms with van der Waals surface area (Å²) in [6.45, 7) is 3.42. The maximum absolute atomic E-state index is 13.9. The Balaban J connectivity index is 1.46. The van der Waals surface area contributed by atoms with Crippen molar-refractivity contribution in [3.8, 4) is 0 Å². The summed E-state index contributed by atoms with van der Waals surface area (Å²) < 4.78 is 25.0. The number of carbonyl (C=O) groups is 1. The van der Waals surface area contributed by atoms with Gasteiger partial charge in [-0.25, -0.2) is 4.39 Å². The molecule has 1 aromatic heterocycles. The smallest absolute Gasteiger partial charge is 0.290 e. The molecule has 1 amide bonds. The van der Waals surface area contributed by atoms with Crippen LogP contribution in [0.4, 0.5) is 4.39 Å².